The number of ketones is 1. The molecule has 0 atom stereocenters. The number of anilines is 4. The Balaban J connectivity index is 0.000000302. The Kier molecular flexibility index (Phi) is 32.6. The maximum atomic E-state index is 15.1. The second-order valence-electron chi connectivity index (χ2n) is 21.8. The van der Waals surface area contributed by atoms with E-state index in [9.17, 15) is 14.0 Å². The van der Waals surface area contributed by atoms with Crippen LogP contribution in [0, 0.1) is 90.1 Å². The number of nitriles is 4. The first-order valence-corrected chi connectivity index (χ1v) is 40.7. The number of Topliss-reactive ketones (excluding diaryl/α,β-unsaturated/α-hetero) is 1. The number of hydrogen-bond acceptors (Lipinski definition) is 11. The van der Waals surface area contributed by atoms with Crippen molar-refractivity contribution in [1.82, 2.24) is 0 Å². The number of nitrogen functional groups attached to an aromatic ring is 1. The van der Waals surface area contributed by atoms with E-state index in [2.05, 4.69) is 78.3 Å². The number of isothiocyanates is 1. The van der Waals surface area contributed by atoms with Gasteiger partial charge >= 0.3 is 40.2 Å². The van der Waals surface area contributed by atoms with Crippen LogP contribution >= 0.6 is 43.8 Å². The van der Waals surface area contributed by atoms with Crippen LogP contribution in [0.15, 0.2) is 102 Å². The molecule has 3 saturated carbocycles. The van der Waals surface area contributed by atoms with Crippen molar-refractivity contribution in [3.8, 4) is 23.9 Å². The van der Waals surface area contributed by atoms with Crippen molar-refractivity contribution in [3.63, 3.8) is 0 Å². The summed E-state index contributed by atoms with van der Waals surface area (Å²) < 4.78 is 28.4. The van der Waals surface area contributed by atoms with Crippen LogP contribution < -0.4 is 20.9 Å². The molecule has 0 radical (unpaired) electrons. The van der Waals surface area contributed by atoms with Crippen molar-refractivity contribution in [1.29, 1.82) is 21.0 Å². The first-order valence-electron chi connectivity index (χ1n) is 28.6. The van der Waals surface area contributed by atoms with E-state index < -0.39 is 40.4 Å². The normalized spacial score (nSPS) is 13.9. The van der Waals surface area contributed by atoms with Crippen molar-refractivity contribution < 1.29 is 33.5 Å². The van der Waals surface area contributed by atoms with Crippen LogP contribution in [0.1, 0.15) is 124 Å². The fraction of sp³-hybridized carbons (Fsp3) is 0.379. The average Bonchev–Trinajstić information content (AvgIpc) is 1.58. The van der Waals surface area contributed by atoms with E-state index in [0.29, 0.717) is 49.1 Å². The zero-order valence-electron chi connectivity index (χ0n) is 50.4. The summed E-state index contributed by atoms with van der Waals surface area (Å²) in [6, 6.07) is 36.2. The summed E-state index contributed by atoms with van der Waals surface area (Å²) in [6.45, 7) is 30.3. The van der Waals surface area contributed by atoms with Crippen LogP contribution in [0.2, 0.25) is 19.6 Å². The predicted octanol–water partition coefficient (Wildman–Crippen LogP) is 18.4. The molecule has 1 spiro atoms. The first kappa shape index (κ1) is 74.5. The number of carbonyl (C=O) groups is 2. The Morgan fingerprint density at radius 3 is 1.50 bits per heavy atom. The molecule has 4 aliphatic rings. The quantitative estimate of drug-likeness (QED) is 0.0268. The van der Waals surface area contributed by atoms with Gasteiger partial charge in [0, 0.05) is 67.7 Å². The molecule has 4 fully saturated rings. The summed E-state index contributed by atoms with van der Waals surface area (Å²) in [5.41, 5.74) is 14.1. The van der Waals surface area contributed by atoms with Gasteiger partial charge in [0.15, 0.2) is 24.6 Å². The number of nitrogens with zero attached hydrogens (tertiary/aromatic N) is 10. The zero-order valence-corrected chi connectivity index (χ0v) is 57.5. The van der Waals surface area contributed by atoms with Gasteiger partial charge in [-0.2, -0.15) is 20.8 Å². The molecule has 22 heteroatoms. The molecule has 3 aliphatic carbocycles. The fourth-order valence-corrected chi connectivity index (χ4v) is 9.36. The van der Waals surface area contributed by atoms with Gasteiger partial charge in [-0.25, -0.2) is 30.3 Å². The third-order valence-electron chi connectivity index (χ3n) is 14.3. The number of halogens is 4. The van der Waals surface area contributed by atoms with E-state index in [1.54, 1.807) is 0 Å². The summed E-state index contributed by atoms with van der Waals surface area (Å²) in [4.78, 5) is 40.3. The maximum absolute atomic E-state index is 15.1. The van der Waals surface area contributed by atoms with Crippen LogP contribution in [-0.4, -0.2) is 41.2 Å². The minimum absolute atomic E-state index is 0.0989. The number of aliphatic imine (C=N–C) groups is 1. The van der Waals surface area contributed by atoms with Gasteiger partial charge in [0.1, 0.15) is 28.6 Å². The van der Waals surface area contributed by atoms with Crippen molar-refractivity contribution in [3.05, 3.63) is 171 Å². The molecule has 88 heavy (non-hydrogen) atoms. The van der Waals surface area contributed by atoms with E-state index in [-0.39, 0.29) is 39.3 Å². The molecule has 1 heterocycles. The van der Waals surface area contributed by atoms with E-state index in [0.717, 1.165) is 106 Å². The first-order chi connectivity index (χ1) is 42.1. The van der Waals surface area contributed by atoms with Crippen LogP contribution in [0.5, 0.6) is 0 Å². The Bertz CT molecular complexity index is 3520. The second-order valence-corrected chi connectivity index (χ2v) is 31.7. The molecule has 14 nitrogen and oxygen atoms in total. The molecule has 0 bridgehead atoms. The Morgan fingerprint density at radius 1 is 0.705 bits per heavy atom. The van der Waals surface area contributed by atoms with Crippen LogP contribution in [0.4, 0.5) is 48.6 Å². The molecule has 3 N–H and O–H groups in total. The molecule has 5 aromatic carbocycles. The van der Waals surface area contributed by atoms with E-state index in [1.807, 2.05) is 85.2 Å². The number of nitrogens with two attached hydrogens (primary N) is 1. The van der Waals surface area contributed by atoms with Gasteiger partial charge in [-0.05, 0) is 185 Å². The third kappa shape index (κ3) is 22.8. The van der Waals surface area contributed by atoms with Crippen molar-refractivity contribution >= 4 is 114 Å². The number of thiocarbonyl (C=S) groups is 2. The summed E-state index contributed by atoms with van der Waals surface area (Å²) in [5, 5.41) is 39.4. The summed E-state index contributed by atoms with van der Waals surface area (Å²) in [5.74, 6) is -0.875. The molecular weight excluding hydrogens is 1260 g/mol. The number of rotatable bonds is 14. The monoisotopic (exact) mass is 1330 g/mol. The molecule has 0 unspecified atom stereocenters. The van der Waals surface area contributed by atoms with Crippen molar-refractivity contribution in [2.45, 2.75) is 160 Å². The number of unbranched alkanes of at least 4 members (excludes halogenated alkanes) is 3. The van der Waals surface area contributed by atoms with E-state index >= 15 is 4.39 Å². The van der Waals surface area contributed by atoms with Gasteiger partial charge in [-0.1, -0.05) is 68.2 Å². The van der Waals surface area contributed by atoms with Gasteiger partial charge in [0.25, 0.3) is 5.91 Å². The van der Waals surface area contributed by atoms with Gasteiger partial charge in [-0.3, -0.25) is 19.3 Å². The average molecular weight is 1330 g/mol. The van der Waals surface area contributed by atoms with Crippen LogP contribution in [-0.2, 0) is 44.0 Å². The summed E-state index contributed by atoms with van der Waals surface area (Å²) in [6.07, 6.45) is 15.2. The minimum atomic E-state index is -1.33. The molecule has 1 aliphatic heterocycles. The summed E-state index contributed by atoms with van der Waals surface area (Å²) >= 11 is 9.13. The number of aryl methyl sites for hydroxylation is 3. The number of carbonyl (C=O) groups excluding carboxylic acids is 2. The molecule has 1 saturated heterocycles. The van der Waals surface area contributed by atoms with Gasteiger partial charge in [0.05, 0.1) is 42.2 Å². The summed E-state index contributed by atoms with van der Waals surface area (Å²) in [7, 11) is 8.58. The molecule has 0 aromatic heterocycles. The van der Waals surface area contributed by atoms with Crippen molar-refractivity contribution in [2.24, 2.45) is 4.99 Å². The van der Waals surface area contributed by atoms with Gasteiger partial charge < -0.3 is 16.0 Å². The number of amides is 1. The van der Waals surface area contributed by atoms with Gasteiger partial charge in [0.2, 0.25) is 0 Å². The van der Waals surface area contributed by atoms with E-state index in [1.165, 1.54) is 54.1 Å². The van der Waals surface area contributed by atoms with Crippen molar-refractivity contribution in [2.75, 3.05) is 20.9 Å². The third-order valence-corrected chi connectivity index (χ3v) is 15.5. The Morgan fingerprint density at radius 2 is 1.14 bits per heavy atom. The number of hydrogen-bond donors (Lipinski definition) is 2. The fourth-order valence-electron chi connectivity index (χ4n) is 8.80. The molecular formula is C66H70Cl2F2N12O2S2SiZn. The standard InChI is InChI=1S/C24H21FN4OS.C15H17N3.C10H12N2.C9H5FN2S.C4H9NSi.C4H6O.2ClH.Zn/c1-16-19(27-2)11-12-20(21(16)25)28-22(30)24(13-5-14-24)29(23(28)31)18-9-7-17(8-10-18)6-3-4-15-26;1-17-15(10-4-11-15)18-14-8-6-13(7-9-14)5-2-3-12-16;11-8-2-1-3-9-4-6-10(12)7-5-9;1-6-7(11-2)3-4-8(9(6)10)12-5-13;1-6(2,3)4-5;5-4-2-1-3-4;;;/h7-12H,3-6,13-14H2,1H3;6-9,18H,2-5,10-11H2;4-7H,1-3,12H2;3-4H,1H3;1-3H3;1-3H2;2*1H;/q;;;;;;;;+2/p-2. The van der Waals surface area contributed by atoms with Crippen LogP contribution in [0.25, 0.3) is 14.5 Å². The zero-order chi connectivity index (χ0) is 65.3. The second kappa shape index (κ2) is 38.5. The molecule has 5 aromatic rings. The predicted molar refractivity (Wildman–Crippen MR) is 354 cm³/mol. The molecule has 452 valence electrons. The molecule has 9 rings (SSSR count). The SMILES string of the molecule is C[Si](C)(C)C#N.N#CCCCc1ccc(N)cc1.O=C1CCC1.[C-]#[N+]C1(Nc2ccc(CCCC#N)cc2)CCC1.[C-]#[N+]c1ccc(N2C(=O)C3(CCC3)N(c3ccc(CCCC#N)cc3)C2=S)c(F)c1C.[C-]#[N+]c1ccc(N=C=S)c(F)c1C.[Cl][Zn][Cl]. The topological polar surface area (TPSA) is 199 Å². The number of nitrogens with one attached hydrogen (secondary N) is 1. The molecule has 1 amide bonds. The van der Waals surface area contributed by atoms with E-state index in [4.69, 9.17) is 78.1 Å². The Hall–Kier alpha value is -7.76. The van der Waals surface area contributed by atoms with Crippen LogP contribution in [0.3, 0.4) is 0 Å². The Labute approximate surface area is 545 Å². The van der Waals surface area contributed by atoms with Gasteiger partial charge in [-0.15, -0.1) is 0 Å². The number of benzene rings is 5.